The number of aliphatic hydroxyl groups excluding tert-OH is 1. The molecule has 0 saturated heterocycles. The van der Waals surface area contributed by atoms with Crippen molar-refractivity contribution in [3.05, 3.63) is 0 Å². The quantitative estimate of drug-likeness (QED) is 0.0222. The maximum Gasteiger partial charge on any atom is 0.472 e. The Labute approximate surface area is 594 Å². The Balaban J connectivity index is 5.21. The fourth-order valence-corrected chi connectivity index (χ4v) is 13.6. The average molecular weight is 1420 g/mol. The Bertz CT molecular complexity index is 1870. The van der Waals surface area contributed by atoms with Gasteiger partial charge in [-0.1, -0.05) is 356 Å². The van der Waals surface area contributed by atoms with E-state index in [0.717, 1.165) is 102 Å². The van der Waals surface area contributed by atoms with Gasteiger partial charge in [-0.2, -0.15) is 0 Å². The number of rotatable bonds is 77. The highest BCUT2D eigenvalue weighted by atomic mass is 31.2. The monoisotopic (exact) mass is 1420 g/mol. The van der Waals surface area contributed by atoms with Crippen LogP contribution in [0.2, 0.25) is 0 Å². The van der Waals surface area contributed by atoms with Crippen LogP contribution < -0.4 is 0 Å². The lowest BCUT2D eigenvalue weighted by molar-refractivity contribution is -0.161. The van der Waals surface area contributed by atoms with Crippen LogP contribution in [-0.2, 0) is 65.4 Å². The molecule has 3 N–H and O–H groups in total. The first-order chi connectivity index (χ1) is 46.9. The van der Waals surface area contributed by atoms with E-state index < -0.39 is 97.5 Å². The number of ether oxygens (including phenoxy) is 4. The molecule has 0 aromatic heterocycles. The molecular formula is C78H152O17P2. The number of hydrogen-bond acceptors (Lipinski definition) is 15. The van der Waals surface area contributed by atoms with Gasteiger partial charge in [0, 0.05) is 25.7 Å². The van der Waals surface area contributed by atoms with Gasteiger partial charge in [0.25, 0.3) is 0 Å². The highest BCUT2D eigenvalue weighted by Gasteiger charge is 2.30. The molecule has 0 aromatic rings. The van der Waals surface area contributed by atoms with Gasteiger partial charge in [-0.25, -0.2) is 9.13 Å². The van der Waals surface area contributed by atoms with E-state index in [1.165, 1.54) is 225 Å². The zero-order chi connectivity index (χ0) is 71.4. The molecule has 17 nitrogen and oxygen atoms in total. The Hall–Kier alpha value is -1.94. The maximum atomic E-state index is 13.1. The van der Waals surface area contributed by atoms with Crippen molar-refractivity contribution < 1.29 is 80.2 Å². The normalized spacial score (nSPS) is 14.0. The Kier molecular flexibility index (Phi) is 68.4. The molecule has 0 saturated carbocycles. The number of esters is 4. The number of carbonyl (C=O) groups is 4. The molecule has 19 heteroatoms. The van der Waals surface area contributed by atoms with E-state index in [4.69, 9.17) is 37.0 Å². The van der Waals surface area contributed by atoms with Crippen molar-refractivity contribution in [3.63, 3.8) is 0 Å². The third kappa shape index (κ3) is 72.2. The van der Waals surface area contributed by atoms with Crippen LogP contribution in [-0.4, -0.2) is 96.7 Å². The summed E-state index contributed by atoms with van der Waals surface area (Å²) in [7, 11) is -9.91. The van der Waals surface area contributed by atoms with Crippen LogP contribution in [0.1, 0.15) is 408 Å². The Morgan fingerprint density at radius 3 is 0.701 bits per heavy atom. The van der Waals surface area contributed by atoms with Crippen molar-refractivity contribution in [2.24, 2.45) is 11.8 Å². The van der Waals surface area contributed by atoms with E-state index >= 15 is 0 Å². The molecule has 0 aliphatic rings. The average Bonchev–Trinajstić information content (AvgIpc) is 1.61. The lowest BCUT2D eigenvalue weighted by atomic mass is 10.0. The minimum absolute atomic E-state index is 0.107. The van der Waals surface area contributed by atoms with E-state index in [1.54, 1.807) is 0 Å². The molecule has 5 atom stereocenters. The van der Waals surface area contributed by atoms with Crippen LogP contribution in [0.5, 0.6) is 0 Å². The van der Waals surface area contributed by atoms with Gasteiger partial charge in [-0.15, -0.1) is 0 Å². The van der Waals surface area contributed by atoms with Crippen LogP contribution in [0.15, 0.2) is 0 Å². The third-order valence-corrected chi connectivity index (χ3v) is 20.1. The van der Waals surface area contributed by atoms with Gasteiger partial charge in [0.05, 0.1) is 26.4 Å². The van der Waals surface area contributed by atoms with Gasteiger partial charge in [0.2, 0.25) is 0 Å². The molecule has 0 rings (SSSR count). The topological polar surface area (TPSA) is 237 Å². The van der Waals surface area contributed by atoms with Crippen LogP contribution in [0.25, 0.3) is 0 Å². The van der Waals surface area contributed by atoms with E-state index in [1.807, 2.05) is 0 Å². The van der Waals surface area contributed by atoms with E-state index in [2.05, 4.69) is 41.5 Å². The summed E-state index contributed by atoms with van der Waals surface area (Å²) >= 11 is 0. The van der Waals surface area contributed by atoms with Crippen molar-refractivity contribution in [3.8, 4) is 0 Å². The van der Waals surface area contributed by atoms with Crippen LogP contribution >= 0.6 is 15.6 Å². The fraction of sp³-hybridized carbons (Fsp3) is 0.949. The number of aliphatic hydroxyl groups is 1. The summed E-state index contributed by atoms with van der Waals surface area (Å²) < 4.78 is 68.6. The number of phosphoric ester groups is 2. The molecule has 0 fully saturated rings. The summed E-state index contributed by atoms with van der Waals surface area (Å²) in [5.74, 6) is -0.520. The molecule has 0 aromatic carbocycles. The predicted octanol–water partition coefficient (Wildman–Crippen LogP) is 23.1. The van der Waals surface area contributed by atoms with Crippen molar-refractivity contribution in [2.75, 3.05) is 39.6 Å². The third-order valence-electron chi connectivity index (χ3n) is 18.2. The van der Waals surface area contributed by atoms with Gasteiger partial charge >= 0.3 is 39.5 Å². The summed E-state index contributed by atoms with van der Waals surface area (Å²) in [6, 6.07) is 0. The van der Waals surface area contributed by atoms with Crippen LogP contribution in [0.4, 0.5) is 0 Å². The molecule has 2 unspecified atom stereocenters. The first-order valence-electron chi connectivity index (χ1n) is 40.5. The largest absolute Gasteiger partial charge is 0.472 e. The van der Waals surface area contributed by atoms with E-state index in [0.29, 0.717) is 25.7 Å². The van der Waals surface area contributed by atoms with E-state index in [9.17, 15) is 43.2 Å². The SMILES string of the molecule is CCCCCCCCCCCCCC(=O)OC[C@H](COP(=O)(O)OC[C@H](O)COP(=O)(O)OC[C@@H](COC(=O)CCCCCCCCCCCCCC(C)C)OC(=O)CCCCCCCCCCCCCCCCCCCCC(C)C)OC(=O)CCCCCCCCCCCCC. The summed E-state index contributed by atoms with van der Waals surface area (Å²) in [6.07, 6.45) is 58.2. The van der Waals surface area contributed by atoms with Crippen molar-refractivity contribution >= 4 is 39.5 Å². The van der Waals surface area contributed by atoms with Gasteiger partial charge in [0.15, 0.2) is 12.2 Å². The second-order valence-electron chi connectivity index (χ2n) is 29.1. The van der Waals surface area contributed by atoms with Gasteiger partial charge in [-0.3, -0.25) is 37.3 Å². The molecule has 0 aliphatic heterocycles. The molecule has 0 spiro atoms. The molecule has 0 radical (unpaired) electrons. The summed E-state index contributed by atoms with van der Waals surface area (Å²) in [5, 5.41) is 10.6. The minimum atomic E-state index is -4.96. The smallest absolute Gasteiger partial charge is 0.462 e. The molecule has 576 valence electrons. The summed E-state index contributed by atoms with van der Waals surface area (Å²) in [5.41, 5.74) is 0. The highest BCUT2D eigenvalue weighted by molar-refractivity contribution is 7.47. The first-order valence-corrected chi connectivity index (χ1v) is 43.5. The molecule has 0 bridgehead atoms. The van der Waals surface area contributed by atoms with Crippen molar-refractivity contribution in [1.82, 2.24) is 0 Å². The first kappa shape index (κ1) is 95.1. The second kappa shape index (κ2) is 69.8. The fourth-order valence-electron chi connectivity index (χ4n) is 12.0. The highest BCUT2D eigenvalue weighted by Crippen LogP contribution is 2.45. The molecule has 0 heterocycles. The molecule has 0 amide bonds. The zero-order valence-corrected chi connectivity index (χ0v) is 65.2. The Morgan fingerprint density at radius 2 is 0.474 bits per heavy atom. The lowest BCUT2D eigenvalue weighted by Gasteiger charge is -2.21. The summed E-state index contributed by atoms with van der Waals surface area (Å²) in [6.45, 7) is 9.64. The lowest BCUT2D eigenvalue weighted by Crippen LogP contribution is -2.30. The summed E-state index contributed by atoms with van der Waals surface area (Å²) in [4.78, 5) is 72.8. The molecule has 0 aliphatic carbocycles. The maximum absolute atomic E-state index is 13.1. The number of hydrogen-bond donors (Lipinski definition) is 3. The van der Waals surface area contributed by atoms with E-state index in [-0.39, 0.29) is 25.7 Å². The second-order valence-corrected chi connectivity index (χ2v) is 32.0. The standard InChI is InChI=1S/C78H152O17P2/c1-7-9-11-13-15-17-28-36-42-48-54-60-75(80)88-66-73(94-77(82)62-56-50-44-38-29-18-16-14-12-10-8-2)68-92-96(84,85)90-64-72(79)65-91-97(86,87)93-69-74(67-89-76(81)61-55-49-43-37-33-27-31-35-41-47-53-59-71(5)6)95-78(83)63-57-51-45-39-32-26-24-22-20-19-21-23-25-30-34-40-46-52-58-70(3)4/h70-74,79H,7-69H2,1-6H3,(H,84,85)(H,86,87)/t72-,73+,74+/m0/s1. The Morgan fingerprint density at radius 1 is 0.278 bits per heavy atom. The number of carbonyl (C=O) groups excluding carboxylic acids is 4. The van der Waals surface area contributed by atoms with Crippen molar-refractivity contribution in [2.45, 2.75) is 426 Å². The van der Waals surface area contributed by atoms with Gasteiger partial charge < -0.3 is 33.8 Å². The van der Waals surface area contributed by atoms with Crippen LogP contribution in [0, 0.1) is 11.8 Å². The molecule has 97 heavy (non-hydrogen) atoms. The van der Waals surface area contributed by atoms with Gasteiger partial charge in [-0.05, 0) is 37.5 Å². The minimum Gasteiger partial charge on any atom is -0.462 e. The zero-order valence-electron chi connectivity index (χ0n) is 63.4. The molecular weight excluding hydrogens is 1270 g/mol. The predicted molar refractivity (Wildman–Crippen MR) is 395 cm³/mol. The van der Waals surface area contributed by atoms with Gasteiger partial charge in [0.1, 0.15) is 19.3 Å². The number of phosphoric acid groups is 2. The number of unbranched alkanes of at least 4 members (excludes halogenated alkanes) is 47. The van der Waals surface area contributed by atoms with Crippen LogP contribution in [0.3, 0.4) is 0 Å². The van der Waals surface area contributed by atoms with Crippen molar-refractivity contribution in [1.29, 1.82) is 0 Å².